The predicted molar refractivity (Wildman–Crippen MR) is 146 cm³/mol. The summed E-state index contributed by atoms with van der Waals surface area (Å²) in [5.74, 6) is 1.34. The lowest BCUT2D eigenvalue weighted by Gasteiger charge is -2.44. The minimum absolute atomic E-state index is 0.0633. The number of ketones is 1. The van der Waals surface area contributed by atoms with Crippen LogP contribution in [0.4, 0.5) is 10.5 Å². The predicted octanol–water partition coefficient (Wildman–Crippen LogP) is 4.31. The minimum atomic E-state index is -0.684. The molecule has 2 aliphatic rings. The number of Topliss-reactive ketones (excluding diaryl/α,β-unsaturated/α-hetero) is 1. The summed E-state index contributed by atoms with van der Waals surface area (Å²) in [6.07, 6.45) is 4.20. The Bertz CT molecular complexity index is 1460. The van der Waals surface area contributed by atoms with Crippen LogP contribution in [-0.4, -0.2) is 72.0 Å². The van der Waals surface area contributed by atoms with E-state index < -0.39 is 11.7 Å². The van der Waals surface area contributed by atoms with Gasteiger partial charge >= 0.3 is 6.09 Å². The van der Waals surface area contributed by atoms with Crippen molar-refractivity contribution in [3.8, 4) is 28.4 Å². The van der Waals surface area contributed by atoms with Gasteiger partial charge in [0.2, 0.25) is 0 Å². The lowest BCUT2D eigenvalue weighted by atomic mass is 9.82. The molecule has 1 fully saturated rings. The Kier molecular flexibility index (Phi) is 7.38. The lowest BCUT2D eigenvalue weighted by molar-refractivity contribution is -0.00572. The summed E-state index contributed by atoms with van der Waals surface area (Å²) < 4.78 is 24.3. The monoisotopic (exact) mass is 548 g/mol. The van der Waals surface area contributed by atoms with Gasteiger partial charge in [-0.15, -0.1) is 0 Å². The Balaban J connectivity index is 1.33. The highest BCUT2D eigenvalue weighted by molar-refractivity contribution is 6.02. The largest absolute Gasteiger partial charge is 0.496 e. The second-order valence-electron chi connectivity index (χ2n) is 9.89. The van der Waals surface area contributed by atoms with Gasteiger partial charge in [0, 0.05) is 56.0 Å². The van der Waals surface area contributed by atoms with E-state index in [0.717, 1.165) is 11.1 Å². The van der Waals surface area contributed by atoms with Gasteiger partial charge in [0.25, 0.3) is 5.91 Å². The van der Waals surface area contributed by atoms with Crippen LogP contribution in [0.15, 0.2) is 42.7 Å². The van der Waals surface area contributed by atoms with Gasteiger partial charge in [-0.2, -0.15) is 5.10 Å². The van der Waals surface area contributed by atoms with Crippen molar-refractivity contribution in [1.82, 2.24) is 14.7 Å². The van der Waals surface area contributed by atoms with E-state index in [1.807, 2.05) is 20.2 Å². The molecule has 210 valence electrons. The number of fused-ring (bicyclic) bond motifs is 1. The van der Waals surface area contributed by atoms with E-state index >= 15 is 0 Å². The third-order valence-electron chi connectivity index (χ3n) is 7.31. The van der Waals surface area contributed by atoms with Crippen molar-refractivity contribution in [2.45, 2.75) is 31.8 Å². The molecule has 0 aliphatic carbocycles. The summed E-state index contributed by atoms with van der Waals surface area (Å²) >= 11 is 0. The highest BCUT2D eigenvalue weighted by atomic mass is 16.5. The van der Waals surface area contributed by atoms with Gasteiger partial charge in [-0.1, -0.05) is 0 Å². The third-order valence-corrected chi connectivity index (χ3v) is 7.31. The summed E-state index contributed by atoms with van der Waals surface area (Å²) in [5.41, 5.74) is 2.22. The summed E-state index contributed by atoms with van der Waals surface area (Å²) in [6, 6.07) is 8.42. The SMILES string of the molecule is CCOc1cc(C(=O)N2CCC3(CC2)CC(=O)c2cc(NC(=O)OC)ccc2O3)cc(OC)c1-c1cnn(C)c1. The number of hydrogen-bond donors (Lipinski definition) is 1. The molecule has 1 saturated heterocycles. The number of aryl methyl sites for hydroxylation is 1. The average molecular weight is 549 g/mol. The lowest BCUT2D eigenvalue weighted by Crippen LogP contribution is -2.52. The number of nitrogens with one attached hydrogen (secondary N) is 1. The fourth-order valence-corrected chi connectivity index (χ4v) is 5.30. The van der Waals surface area contributed by atoms with Crippen molar-refractivity contribution in [2.24, 2.45) is 7.05 Å². The number of ether oxygens (including phenoxy) is 4. The fourth-order valence-electron chi connectivity index (χ4n) is 5.30. The molecule has 3 aromatic rings. The van der Waals surface area contributed by atoms with Crippen molar-refractivity contribution < 1.29 is 33.3 Å². The van der Waals surface area contributed by atoms with Crippen molar-refractivity contribution >= 4 is 23.5 Å². The number of anilines is 1. The zero-order chi connectivity index (χ0) is 28.4. The molecule has 1 aromatic heterocycles. The first-order chi connectivity index (χ1) is 19.3. The molecule has 0 saturated carbocycles. The second kappa shape index (κ2) is 10.9. The van der Waals surface area contributed by atoms with Crippen LogP contribution in [0.25, 0.3) is 11.1 Å². The number of aromatic nitrogens is 2. The molecule has 11 nitrogen and oxygen atoms in total. The fraction of sp³-hybridized carbons (Fsp3) is 0.379. The molecule has 0 bridgehead atoms. The van der Waals surface area contributed by atoms with Crippen LogP contribution < -0.4 is 19.5 Å². The summed E-state index contributed by atoms with van der Waals surface area (Å²) in [7, 11) is 4.67. The molecule has 0 unspecified atom stereocenters. The quantitative estimate of drug-likeness (QED) is 0.484. The van der Waals surface area contributed by atoms with E-state index in [-0.39, 0.29) is 18.1 Å². The van der Waals surface area contributed by atoms with Crippen molar-refractivity contribution in [3.05, 3.63) is 53.9 Å². The van der Waals surface area contributed by atoms with Crippen LogP contribution in [0, 0.1) is 0 Å². The molecule has 1 N–H and O–H groups in total. The first-order valence-corrected chi connectivity index (χ1v) is 13.1. The van der Waals surface area contributed by atoms with Crippen molar-refractivity contribution in [3.63, 3.8) is 0 Å². The Morgan fingerprint density at radius 2 is 1.88 bits per heavy atom. The maximum Gasteiger partial charge on any atom is 0.411 e. The molecule has 11 heteroatoms. The van der Waals surface area contributed by atoms with E-state index in [1.54, 1.807) is 53.2 Å². The number of hydrogen-bond acceptors (Lipinski definition) is 8. The zero-order valence-corrected chi connectivity index (χ0v) is 23.0. The number of amides is 2. The van der Waals surface area contributed by atoms with Crippen molar-refractivity contribution in [1.29, 1.82) is 0 Å². The zero-order valence-electron chi connectivity index (χ0n) is 23.0. The highest BCUT2D eigenvalue weighted by Gasteiger charge is 2.44. The number of likely N-dealkylation sites (tertiary alicyclic amines) is 1. The Morgan fingerprint density at radius 3 is 2.52 bits per heavy atom. The van der Waals surface area contributed by atoms with E-state index in [1.165, 1.54) is 7.11 Å². The van der Waals surface area contributed by atoms with E-state index in [9.17, 15) is 14.4 Å². The van der Waals surface area contributed by atoms with Crippen LogP contribution >= 0.6 is 0 Å². The Morgan fingerprint density at radius 1 is 1.12 bits per heavy atom. The molecule has 40 heavy (non-hydrogen) atoms. The van der Waals surface area contributed by atoms with E-state index in [0.29, 0.717) is 66.6 Å². The topological polar surface area (TPSA) is 121 Å². The number of carbonyl (C=O) groups excluding carboxylic acids is 3. The van der Waals surface area contributed by atoms with Crippen LogP contribution in [-0.2, 0) is 11.8 Å². The molecule has 0 atom stereocenters. The van der Waals surface area contributed by atoms with Crippen molar-refractivity contribution in [2.75, 3.05) is 39.2 Å². The molecular weight excluding hydrogens is 516 g/mol. The number of piperidine rings is 1. The average Bonchev–Trinajstić information content (AvgIpc) is 3.38. The smallest absolute Gasteiger partial charge is 0.411 e. The standard InChI is InChI=1S/C29H32N4O7/c1-5-39-25-13-18(12-24(37-3)26(25)19-16-30-32(2)17-19)27(35)33-10-8-29(9-11-33)15-22(34)21-14-20(31-28(36)38-4)6-7-23(21)40-29/h6-7,12-14,16-17H,5,8-11,15H2,1-4H3,(H,31,36). The molecule has 3 heterocycles. The van der Waals surface area contributed by atoms with Gasteiger partial charge < -0.3 is 23.8 Å². The number of benzene rings is 2. The number of methoxy groups -OCH3 is 2. The van der Waals surface area contributed by atoms with Crippen LogP contribution in [0.5, 0.6) is 17.2 Å². The van der Waals surface area contributed by atoms with Crippen LogP contribution in [0.1, 0.15) is 46.9 Å². The first kappa shape index (κ1) is 27.0. The van der Waals surface area contributed by atoms with Gasteiger partial charge in [-0.25, -0.2) is 4.79 Å². The third kappa shape index (κ3) is 5.18. The number of carbonyl (C=O) groups is 3. The molecule has 2 amide bonds. The summed E-state index contributed by atoms with van der Waals surface area (Å²) in [5, 5.41) is 6.82. The number of nitrogens with zero attached hydrogens (tertiary/aromatic N) is 3. The molecule has 2 aromatic carbocycles. The summed E-state index contributed by atoms with van der Waals surface area (Å²) in [6.45, 7) is 3.17. The maximum absolute atomic E-state index is 13.6. The maximum atomic E-state index is 13.6. The molecule has 0 radical (unpaired) electrons. The van der Waals surface area contributed by atoms with Gasteiger partial charge in [-0.3, -0.25) is 19.6 Å². The van der Waals surface area contributed by atoms with Gasteiger partial charge in [0.15, 0.2) is 5.78 Å². The Hall–Kier alpha value is -4.54. The molecule has 5 rings (SSSR count). The van der Waals surface area contributed by atoms with E-state index in [2.05, 4.69) is 15.2 Å². The van der Waals surface area contributed by atoms with Crippen LogP contribution in [0.3, 0.4) is 0 Å². The molecule has 1 spiro atoms. The van der Waals surface area contributed by atoms with Crippen LogP contribution in [0.2, 0.25) is 0 Å². The Labute approximate surface area is 231 Å². The minimum Gasteiger partial charge on any atom is -0.496 e. The normalized spacial score (nSPS) is 15.7. The van der Waals surface area contributed by atoms with Gasteiger partial charge in [0.1, 0.15) is 22.8 Å². The molecule has 2 aliphatic heterocycles. The van der Waals surface area contributed by atoms with E-state index in [4.69, 9.17) is 14.2 Å². The first-order valence-electron chi connectivity index (χ1n) is 13.1. The highest BCUT2D eigenvalue weighted by Crippen LogP contribution is 2.42. The molecular formula is C29H32N4O7. The summed E-state index contributed by atoms with van der Waals surface area (Å²) in [4.78, 5) is 40.0. The van der Waals surface area contributed by atoms with Gasteiger partial charge in [-0.05, 0) is 37.3 Å². The second-order valence-corrected chi connectivity index (χ2v) is 9.89. The van der Waals surface area contributed by atoms with Gasteiger partial charge in [0.05, 0.1) is 44.6 Å². The number of rotatable bonds is 6.